The maximum atomic E-state index is 6.59. The third-order valence-electron chi connectivity index (χ3n) is 12.6. The lowest BCUT2D eigenvalue weighted by molar-refractivity contribution is 0.669. The molecule has 3 heterocycles. The molecule has 0 aliphatic heterocycles. The van der Waals surface area contributed by atoms with Crippen LogP contribution in [0.25, 0.3) is 103 Å². The number of hydrogen-bond acceptors (Lipinski definition) is 3. The largest absolute Gasteiger partial charge is 0.456 e. The highest BCUT2D eigenvalue weighted by atomic mass is 32.1. The van der Waals surface area contributed by atoms with Crippen molar-refractivity contribution < 1.29 is 4.42 Å². The number of aromatic nitrogens is 1. The van der Waals surface area contributed by atoms with Gasteiger partial charge in [-0.05, 0) is 106 Å². The van der Waals surface area contributed by atoms with Gasteiger partial charge in [0.25, 0.3) is 0 Å². The van der Waals surface area contributed by atoms with Crippen molar-refractivity contribution in [2.24, 2.45) is 0 Å². The van der Waals surface area contributed by atoms with E-state index < -0.39 is 0 Å². The van der Waals surface area contributed by atoms with Crippen LogP contribution < -0.4 is 4.90 Å². The molecule has 0 bridgehead atoms. The third-order valence-corrected chi connectivity index (χ3v) is 13.8. The Labute approximate surface area is 361 Å². The van der Waals surface area contributed by atoms with Gasteiger partial charge in [0.15, 0.2) is 0 Å². The molecule has 0 saturated carbocycles. The van der Waals surface area contributed by atoms with E-state index in [9.17, 15) is 0 Å². The molecule has 4 heteroatoms. The zero-order chi connectivity index (χ0) is 40.7. The summed E-state index contributed by atoms with van der Waals surface area (Å²) in [6.07, 6.45) is 0. The van der Waals surface area contributed by atoms with E-state index in [0.717, 1.165) is 55.8 Å². The van der Waals surface area contributed by atoms with Crippen molar-refractivity contribution in [3.05, 3.63) is 218 Å². The Morgan fingerprint density at radius 3 is 1.76 bits per heavy atom. The Balaban J connectivity index is 0.997. The molecular formula is C58H36N2OS. The normalized spacial score (nSPS) is 11.9. The number of anilines is 3. The number of rotatable bonds is 6. The van der Waals surface area contributed by atoms with Crippen LogP contribution in [0.3, 0.4) is 0 Å². The molecule has 0 N–H and O–H groups in total. The van der Waals surface area contributed by atoms with Gasteiger partial charge in [0.05, 0.1) is 16.7 Å². The minimum atomic E-state index is 0.879. The first-order chi connectivity index (χ1) is 30.7. The van der Waals surface area contributed by atoms with E-state index in [-0.39, 0.29) is 0 Å². The van der Waals surface area contributed by atoms with Crippen molar-refractivity contribution in [2.45, 2.75) is 0 Å². The first kappa shape index (κ1) is 34.9. The summed E-state index contributed by atoms with van der Waals surface area (Å²) in [4.78, 5) is 2.41. The van der Waals surface area contributed by atoms with Crippen molar-refractivity contribution in [3.8, 4) is 27.9 Å². The molecule has 0 atom stereocenters. The van der Waals surface area contributed by atoms with Gasteiger partial charge in [0, 0.05) is 64.3 Å². The maximum absolute atomic E-state index is 6.59. The first-order valence-electron chi connectivity index (χ1n) is 21.1. The summed E-state index contributed by atoms with van der Waals surface area (Å²) >= 11 is 1.87. The molecule has 0 saturated heterocycles. The Bertz CT molecular complexity index is 3820. The zero-order valence-electron chi connectivity index (χ0n) is 33.5. The second-order valence-electron chi connectivity index (χ2n) is 16.0. The lowest BCUT2D eigenvalue weighted by atomic mass is 9.96. The van der Waals surface area contributed by atoms with E-state index in [0.29, 0.717) is 0 Å². The summed E-state index contributed by atoms with van der Waals surface area (Å²) in [6, 6.07) is 79.2. The number of para-hydroxylation sites is 3. The van der Waals surface area contributed by atoms with Crippen LogP contribution in [0, 0.1) is 0 Å². The van der Waals surface area contributed by atoms with E-state index in [2.05, 4.69) is 228 Å². The van der Waals surface area contributed by atoms with E-state index in [4.69, 9.17) is 4.42 Å². The molecule has 10 aromatic carbocycles. The summed E-state index contributed by atoms with van der Waals surface area (Å²) in [5, 5.41) is 9.73. The number of benzene rings is 10. The molecule has 0 unspecified atom stereocenters. The fourth-order valence-corrected chi connectivity index (χ4v) is 11.0. The molecule has 0 fully saturated rings. The molecular weight excluding hydrogens is 773 g/mol. The molecule has 3 nitrogen and oxygen atoms in total. The molecule has 62 heavy (non-hydrogen) atoms. The van der Waals surface area contributed by atoms with Gasteiger partial charge in [0.1, 0.15) is 11.2 Å². The van der Waals surface area contributed by atoms with Gasteiger partial charge < -0.3 is 13.9 Å². The van der Waals surface area contributed by atoms with Gasteiger partial charge in [-0.3, -0.25) is 0 Å². The Morgan fingerprint density at radius 2 is 0.984 bits per heavy atom. The molecule has 3 aromatic heterocycles. The molecule has 13 aromatic rings. The van der Waals surface area contributed by atoms with Crippen molar-refractivity contribution in [3.63, 3.8) is 0 Å². The predicted molar refractivity (Wildman–Crippen MR) is 264 cm³/mol. The highest BCUT2D eigenvalue weighted by Crippen LogP contribution is 2.47. The smallest absolute Gasteiger partial charge is 0.136 e. The quantitative estimate of drug-likeness (QED) is 0.167. The van der Waals surface area contributed by atoms with Crippen LogP contribution in [0.5, 0.6) is 0 Å². The number of nitrogens with zero attached hydrogens (tertiary/aromatic N) is 2. The second-order valence-corrected chi connectivity index (χ2v) is 17.1. The molecule has 0 aliphatic carbocycles. The molecule has 290 valence electrons. The summed E-state index contributed by atoms with van der Waals surface area (Å²) in [5.41, 5.74) is 13.2. The van der Waals surface area contributed by atoms with E-state index in [1.54, 1.807) is 0 Å². The van der Waals surface area contributed by atoms with E-state index in [1.165, 1.54) is 63.9 Å². The summed E-state index contributed by atoms with van der Waals surface area (Å²) < 4.78 is 11.6. The molecule has 0 radical (unpaired) electrons. The third kappa shape index (κ3) is 5.37. The van der Waals surface area contributed by atoms with Crippen LogP contribution in [0.1, 0.15) is 0 Å². The van der Waals surface area contributed by atoms with E-state index >= 15 is 0 Å². The highest BCUT2D eigenvalue weighted by molar-refractivity contribution is 7.26. The summed E-state index contributed by atoms with van der Waals surface area (Å²) in [7, 11) is 0. The highest BCUT2D eigenvalue weighted by Gasteiger charge is 2.22. The minimum absolute atomic E-state index is 0.879. The Kier molecular flexibility index (Phi) is 7.78. The van der Waals surface area contributed by atoms with Crippen LogP contribution in [0.4, 0.5) is 17.1 Å². The molecule has 0 amide bonds. The first-order valence-corrected chi connectivity index (χ1v) is 21.9. The fraction of sp³-hybridized carbons (Fsp3) is 0. The van der Waals surface area contributed by atoms with Gasteiger partial charge in [-0.15, -0.1) is 11.3 Å². The lowest BCUT2D eigenvalue weighted by Crippen LogP contribution is -2.11. The molecule has 0 aliphatic rings. The monoisotopic (exact) mass is 808 g/mol. The average Bonchev–Trinajstić information content (AvgIpc) is 4.01. The van der Waals surface area contributed by atoms with E-state index in [1.807, 2.05) is 11.3 Å². The standard InChI is InChI=1S/C58H36N2OS/c1-2-14-39-36-55-50(35-38(39)13-1)57-48(20-12-25-54(57)61-55)46-17-5-7-22-51(46)59(40-29-27-37(28-30-40)43-19-11-21-49-47-18-6-10-26-56(47)62-58(43)49)41-31-33-42(34-32-41)60-52-23-8-3-15-44(52)45-16-4-9-24-53(45)60/h1-36H. The van der Waals surface area contributed by atoms with Crippen LogP contribution in [0.2, 0.25) is 0 Å². The zero-order valence-corrected chi connectivity index (χ0v) is 34.3. The topological polar surface area (TPSA) is 21.3 Å². The lowest BCUT2D eigenvalue weighted by Gasteiger charge is -2.28. The Hall–Kier alpha value is -7.92. The second kappa shape index (κ2) is 13.8. The predicted octanol–water partition coefficient (Wildman–Crippen LogP) is 17.0. The van der Waals surface area contributed by atoms with Gasteiger partial charge in [-0.2, -0.15) is 0 Å². The van der Waals surface area contributed by atoms with Gasteiger partial charge in [-0.25, -0.2) is 0 Å². The van der Waals surface area contributed by atoms with Gasteiger partial charge in [0.2, 0.25) is 0 Å². The van der Waals surface area contributed by atoms with Crippen LogP contribution in [0.15, 0.2) is 223 Å². The van der Waals surface area contributed by atoms with Crippen LogP contribution in [-0.2, 0) is 0 Å². The average molecular weight is 809 g/mol. The number of fused-ring (bicyclic) bond motifs is 10. The van der Waals surface area contributed by atoms with Gasteiger partial charge >= 0.3 is 0 Å². The molecule has 13 rings (SSSR count). The number of furan rings is 1. The van der Waals surface area contributed by atoms with Crippen LogP contribution in [-0.4, -0.2) is 4.57 Å². The summed E-state index contributed by atoms with van der Waals surface area (Å²) in [6.45, 7) is 0. The van der Waals surface area contributed by atoms with Crippen molar-refractivity contribution >= 4 is 103 Å². The summed E-state index contributed by atoms with van der Waals surface area (Å²) in [5.74, 6) is 0. The number of thiophene rings is 1. The molecule has 0 spiro atoms. The Morgan fingerprint density at radius 1 is 0.403 bits per heavy atom. The van der Waals surface area contributed by atoms with Crippen molar-refractivity contribution in [2.75, 3.05) is 4.90 Å². The van der Waals surface area contributed by atoms with Gasteiger partial charge in [-0.1, -0.05) is 140 Å². The van der Waals surface area contributed by atoms with Crippen LogP contribution >= 0.6 is 11.3 Å². The SMILES string of the molecule is c1ccc(N(c2ccc(-c3cccc4c3sc3ccccc34)cc2)c2ccc(-n3c4ccccc4c4ccccc43)cc2)c(-c2cccc3oc4cc5ccccc5cc4c23)c1. The fourth-order valence-electron chi connectivity index (χ4n) is 9.78. The maximum Gasteiger partial charge on any atom is 0.136 e. The number of hydrogen-bond donors (Lipinski definition) is 0. The minimum Gasteiger partial charge on any atom is -0.456 e. The van der Waals surface area contributed by atoms with Crippen molar-refractivity contribution in [1.82, 2.24) is 4.57 Å². The van der Waals surface area contributed by atoms with Crippen molar-refractivity contribution in [1.29, 1.82) is 0 Å².